The molecule has 0 aliphatic carbocycles. The van der Waals surface area contributed by atoms with E-state index >= 15 is 0 Å². The highest BCUT2D eigenvalue weighted by atomic mass is 35.5. The van der Waals surface area contributed by atoms with E-state index in [9.17, 15) is 9.59 Å². The average Bonchev–Trinajstić information content (AvgIpc) is 2.53. The van der Waals surface area contributed by atoms with Crippen molar-refractivity contribution in [2.24, 2.45) is 0 Å². The molecule has 0 atom stereocenters. The van der Waals surface area contributed by atoms with E-state index in [-0.39, 0.29) is 11.3 Å². The van der Waals surface area contributed by atoms with Crippen molar-refractivity contribution in [3.05, 3.63) is 81.4 Å². The van der Waals surface area contributed by atoms with E-state index < -0.39 is 0 Å². The van der Waals surface area contributed by atoms with Crippen LogP contribution in [0.15, 0.2) is 59.4 Å². The number of fused-ring (bicyclic) bond motifs is 1. The van der Waals surface area contributed by atoms with Gasteiger partial charge in [0.2, 0.25) is 0 Å². The SMILES string of the molecule is O=C(/C=C/c1nc2ccccc2c(=O)[nH]1)c1ccc(Cl)cc1. The minimum absolute atomic E-state index is 0.188. The first-order valence-electron chi connectivity index (χ1n) is 6.60. The Balaban J connectivity index is 1.90. The molecule has 0 fully saturated rings. The average molecular weight is 311 g/mol. The molecule has 1 heterocycles. The summed E-state index contributed by atoms with van der Waals surface area (Å²) < 4.78 is 0. The summed E-state index contributed by atoms with van der Waals surface area (Å²) >= 11 is 5.78. The van der Waals surface area contributed by atoms with Crippen LogP contribution < -0.4 is 5.56 Å². The van der Waals surface area contributed by atoms with Crippen molar-refractivity contribution < 1.29 is 4.79 Å². The van der Waals surface area contributed by atoms with Crippen LogP contribution >= 0.6 is 11.6 Å². The Morgan fingerprint density at radius 1 is 1.09 bits per heavy atom. The lowest BCUT2D eigenvalue weighted by Crippen LogP contribution is -2.09. The number of rotatable bonds is 3. The van der Waals surface area contributed by atoms with Crippen LogP contribution in [0.2, 0.25) is 5.02 Å². The summed E-state index contributed by atoms with van der Waals surface area (Å²) in [7, 11) is 0. The van der Waals surface area contributed by atoms with Gasteiger partial charge in [-0.15, -0.1) is 0 Å². The van der Waals surface area contributed by atoms with Gasteiger partial charge in [-0.05, 0) is 48.6 Å². The lowest BCUT2D eigenvalue weighted by molar-refractivity contribution is 0.104. The van der Waals surface area contributed by atoms with Crippen LogP contribution in [-0.2, 0) is 0 Å². The zero-order chi connectivity index (χ0) is 15.5. The number of allylic oxidation sites excluding steroid dienone is 1. The summed E-state index contributed by atoms with van der Waals surface area (Å²) in [5.41, 5.74) is 0.873. The number of hydrogen-bond donors (Lipinski definition) is 1. The van der Waals surface area contributed by atoms with Gasteiger partial charge in [0.1, 0.15) is 5.82 Å². The van der Waals surface area contributed by atoms with Crippen molar-refractivity contribution in [1.82, 2.24) is 9.97 Å². The normalized spacial score (nSPS) is 11.1. The van der Waals surface area contributed by atoms with Crippen molar-refractivity contribution in [1.29, 1.82) is 0 Å². The Labute approximate surface area is 131 Å². The third-order valence-corrected chi connectivity index (χ3v) is 3.40. The molecule has 0 spiro atoms. The summed E-state index contributed by atoms with van der Waals surface area (Å²) in [6.45, 7) is 0. The number of carbonyl (C=O) groups is 1. The second-order valence-corrected chi connectivity index (χ2v) is 5.11. The van der Waals surface area contributed by atoms with Gasteiger partial charge in [0.15, 0.2) is 5.78 Å². The number of nitrogens with one attached hydrogen (secondary N) is 1. The number of benzene rings is 2. The van der Waals surface area contributed by atoms with Gasteiger partial charge < -0.3 is 4.98 Å². The maximum absolute atomic E-state index is 12.0. The fourth-order valence-electron chi connectivity index (χ4n) is 2.05. The van der Waals surface area contributed by atoms with Crippen LogP contribution in [0.4, 0.5) is 0 Å². The molecule has 108 valence electrons. The predicted octanol–water partition coefficient (Wildman–Crippen LogP) is 3.47. The van der Waals surface area contributed by atoms with E-state index in [4.69, 9.17) is 11.6 Å². The molecule has 22 heavy (non-hydrogen) atoms. The second-order valence-electron chi connectivity index (χ2n) is 4.67. The number of ketones is 1. The minimum Gasteiger partial charge on any atom is -0.306 e. The first kappa shape index (κ1) is 14.2. The monoisotopic (exact) mass is 310 g/mol. The number of nitrogens with zero attached hydrogens (tertiary/aromatic N) is 1. The Morgan fingerprint density at radius 2 is 1.82 bits per heavy atom. The molecule has 0 radical (unpaired) electrons. The molecule has 5 heteroatoms. The van der Waals surface area contributed by atoms with Crippen molar-refractivity contribution in [2.45, 2.75) is 0 Å². The largest absolute Gasteiger partial charge is 0.306 e. The summed E-state index contributed by atoms with van der Waals surface area (Å²) in [5.74, 6) is 0.151. The standard InChI is InChI=1S/C17H11ClN2O2/c18-12-7-5-11(6-8-12)15(21)9-10-16-19-14-4-2-1-3-13(14)17(22)20-16/h1-10H,(H,19,20,22)/b10-9+. The predicted molar refractivity (Wildman–Crippen MR) is 87.2 cm³/mol. The molecule has 3 aromatic rings. The molecule has 0 aliphatic rings. The lowest BCUT2D eigenvalue weighted by atomic mass is 10.1. The molecule has 0 saturated heterocycles. The first-order chi connectivity index (χ1) is 10.6. The zero-order valence-electron chi connectivity index (χ0n) is 11.4. The summed E-state index contributed by atoms with van der Waals surface area (Å²) in [5, 5.41) is 1.09. The number of aromatic amines is 1. The second kappa shape index (κ2) is 5.95. The van der Waals surface area contributed by atoms with Crippen LogP contribution in [0.3, 0.4) is 0 Å². The van der Waals surface area contributed by atoms with Gasteiger partial charge in [-0.3, -0.25) is 9.59 Å². The third-order valence-electron chi connectivity index (χ3n) is 3.15. The fourth-order valence-corrected chi connectivity index (χ4v) is 2.17. The Kier molecular flexibility index (Phi) is 3.85. The molecule has 0 aliphatic heterocycles. The van der Waals surface area contributed by atoms with Gasteiger partial charge in [0, 0.05) is 10.6 Å². The molecule has 2 aromatic carbocycles. The maximum Gasteiger partial charge on any atom is 0.259 e. The molecule has 0 amide bonds. The van der Waals surface area contributed by atoms with E-state index in [0.717, 1.165) is 0 Å². The lowest BCUT2D eigenvalue weighted by Gasteiger charge is -1.99. The molecule has 1 N–H and O–H groups in total. The van der Waals surface area contributed by atoms with Gasteiger partial charge in [-0.2, -0.15) is 0 Å². The van der Waals surface area contributed by atoms with Crippen LogP contribution in [0, 0.1) is 0 Å². The molecular formula is C17H11ClN2O2. The molecule has 0 unspecified atom stereocenters. The molecule has 0 saturated carbocycles. The van der Waals surface area contributed by atoms with E-state index in [1.165, 1.54) is 12.2 Å². The highest BCUT2D eigenvalue weighted by molar-refractivity contribution is 6.30. The number of halogens is 1. The van der Waals surface area contributed by atoms with Crippen molar-refractivity contribution in [3.63, 3.8) is 0 Å². The summed E-state index contributed by atoms with van der Waals surface area (Å²) in [4.78, 5) is 30.9. The molecule has 4 nitrogen and oxygen atoms in total. The van der Waals surface area contributed by atoms with Crippen LogP contribution in [0.5, 0.6) is 0 Å². The van der Waals surface area contributed by atoms with Crippen molar-refractivity contribution >= 4 is 34.4 Å². The van der Waals surface area contributed by atoms with E-state index in [0.29, 0.717) is 27.3 Å². The van der Waals surface area contributed by atoms with Gasteiger partial charge >= 0.3 is 0 Å². The van der Waals surface area contributed by atoms with Crippen LogP contribution in [0.1, 0.15) is 16.2 Å². The van der Waals surface area contributed by atoms with Crippen LogP contribution in [0.25, 0.3) is 17.0 Å². The Bertz CT molecular complexity index is 927. The quantitative estimate of drug-likeness (QED) is 0.595. The number of para-hydroxylation sites is 1. The fraction of sp³-hybridized carbons (Fsp3) is 0. The first-order valence-corrected chi connectivity index (χ1v) is 6.98. The van der Waals surface area contributed by atoms with Crippen molar-refractivity contribution in [3.8, 4) is 0 Å². The number of aromatic nitrogens is 2. The van der Waals surface area contributed by atoms with E-state index in [1.807, 2.05) is 0 Å². The topological polar surface area (TPSA) is 62.8 Å². The smallest absolute Gasteiger partial charge is 0.259 e. The number of H-pyrrole nitrogens is 1. The molecule has 0 bridgehead atoms. The highest BCUT2D eigenvalue weighted by Gasteiger charge is 2.03. The molecular weight excluding hydrogens is 300 g/mol. The number of hydrogen-bond acceptors (Lipinski definition) is 3. The third kappa shape index (κ3) is 2.97. The Morgan fingerprint density at radius 3 is 2.59 bits per heavy atom. The van der Waals surface area contributed by atoms with E-state index in [2.05, 4.69) is 9.97 Å². The van der Waals surface area contributed by atoms with E-state index in [1.54, 1.807) is 48.5 Å². The molecule has 1 aromatic heterocycles. The zero-order valence-corrected chi connectivity index (χ0v) is 12.2. The maximum atomic E-state index is 12.0. The highest BCUT2D eigenvalue weighted by Crippen LogP contribution is 2.11. The van der Waals surface area contributed by atoms with Gasteiger partial charge in [0.05, 0.1) is 10.9 Å². The summed E-state index contributed by atoms with van der Waals surface area (Å²) in [6, 6.07) is 13.6. The van der Waals surface area contributed by atoms with Crippen LogP contribution in [-0.4, -0.2) is 15.8 Å². The Hall–Kier alpha value is -2.72. The molecule has 3 rings (SSSR count). The van der Waals surface area contributed by atoms with Gasteiger partial charge in [-0.25, -0.2) is 4.98 Å². The van der Waals surface area contributed by atoms with Gasteiger partial charge in [0.25, 0.3) is 5.56 Å². The summed E-state index contributed by atoms with van der Waals surface area (Å²) in [6.07, 6.45) is 2.86. The van der Waals surface area contributed by atoms with Gasteiger partial charge in [-0.1, -0.05) is 23.7 Å². The van der Waals surface area contributed by atoms with Crippen molar-refractivity contribution in [2.75, 3.05) is 0 Å². The number of carbonyl (C=O) groups excluding carboxylic acids is 1. The minimum atomic E-state index is -0.232.